The Labute approximate surface area is 212 Å². The van der Waals surface area contributed by atoms with E-state index in [2.05, 4.69) is 34.8 Å². The lowest BCUT2D eigenvalue weighted by atomic mass is 9.71. The van der Waals surface area contributed by atoms with E-state index >= 15 is 0 Å². The first-order chi connectivity index (χ1) is 16.5. The number of ether oxygens (including phenoxy) is 4. The van der Waals surface area contributed by atoms with Crippen molar-refractivity contribution in [2.75, 3.05) is 13.2 Å². The molecule has 1 unspecified atom stereocenters. The lowest BCUT2D eigenvalue weighted by Crippen LogP contribution is -2.33. The van der Waals surface area contributed by atoms with Crippen molar-refractivity contribution in [1.82, 2.24) is 4.98 Å². The summed E-state index contributed by atoms with van der Waals surface area (Å²) in [6.45, 7) is 9.52. The molecule has 1 N–H and O–H groups in total. The zero-order valence-electron chi connectivity index (χ0n) is 20.4. The summed E-state index contributed by atoms with van der Waals surface area (Å²) in [6, 6.07) is 11.5. The maximum Gasteiger partial charge on any atom is 0.302 e. The Morgan fingerprint density at radius 3 is 2.49 bits per heavy atom. The highest BCUT2D eigenvalue weighted by Gasteiger charge is 2.43. The van der Waals surface area contributed by atoms with E-state index in [-0.39, 0.29) is 25.0 Å². The first-order valence-corrected chi connectivity index (χ1v) is 12.4. The van der Waals surface area contributed by atoms with E-state index in [9.17, 15) is 9.59 Å². The zero-order valence-corrected chi connectivity index (χ0v) is 21.9. The number of benzene rings is 2. The van der Waals surface area contributed by atoms with Crippen LogP contribution in [0.3, 0.4) is 0 Å². The third-order valence-electron chi connectivity index (χ3n) is 6.67. The quantitative estimate of drug-likeness (QED) is 0.443. The molecule has 0 bridgehead atoms. The smallest absolute Gasteiger partial charge is 0.302 e. The van der Waals surface area contributed by atoms with Crippen LogP contribution in [0.5, 0.6) is 5.75 Å². The average Bonchev–Trinajstić information content (AvgIpc) is 3.31. The van der Waals surface area contributed by atoms with Gasteiger partial charge in [-0.2, -0.15) is 0 Å². The molecule has 0 spiro atoms. The van der Waals surface area contributed by atoms with Gasteiger partial charge in [-0.1, -0.05) is 35.8 Å². The molecular formula is C27H28BrNO6. The fourth-order valence-electron chi connectivity index (χ4n) is 5.04. The summed E-state index contributed by atoms with van der Waals surface area (Å²) in [5, 5.41) is 0.923. The molecule has 184 valence electrons. The summed E-state index contributed by atoms with van der Waals surface area (Å²) in [5.74, 6) is -0.538. The molecule has 1 aliphatic heterocycles. The van der Waals surface area contributed by atoms with Crippen LogP contribution in [0.1, 0.15) is 61.8 Å². The van der Waals surface area contributed by atoms with Gasteiger partial charge >= 0.3 is 5.97 Å². The number of aromatic nitrogens is 1. The van der Waals surface area contributed by atoms with Gasteiger partial charge in [-0.05, 0) is 49.7 Å². The number of rotatable bonds is 5. The minimum absolute atomic E-state index is 0.00479. The highest BCUT2D eigenvalue weighted by atomic mass is 79.9. The normalized spacial score (nSPS) is 22.1. The van der Waals surface area contributed by atoms with Gasteiger partial charge in [-0.25, -0.2) is 0 Å². The van der Waals surface area contributed by atoms with Gasteiger partial charge in [0.05, 0.1) is 5.56 Å². The lowest BCUT2D eigenvalue weighted by molar-refractivity contribution is -0.159. The Morgan fingerprint density at radius 1 is 1.06 bits per heavy atom. The second-order valence-electron chi connectivity index (χ2n) is 10.1. The van der Waals surface area contributed by atoms with Gasteiger partial charge < -0.3 is 23.9 Å². The standard InChI is InChI=1S/C27H28BrNO6/c1-14(30)32-12-21-22(35-27(4,5)34-21)13-33-16-7-9-17-19(11-16)26(2,3)25-23(24(17)31)18-8-6-15(28)10-20(18)29-25/h6-11,21-22,29H,12-13H2,1-5H3/t21-,22?/m1/s1. The summed E-state index contributed by atoms with van der Waals surface area (Å²) in [7, 11) is 0. The highest BCUT2D eigenvalue weighted by molar-refractivity contribution is 9.10. The van der Waals surface area contributed by atoms with Crippen molar-refractivity contribution in [2.45, 2.75) is 58.0 Å². The number of nitrogens with one attached hydrogen (secondary N) is 1. The Bertz CT molecular complexity index is 1340. The number of halogens is 1. The first-order valence-electron chi connectivity index (χ1n) is 11.6. The van der Waals surface area contributed by atoms with Crippen LogP contribution in [-0.4, -0.2) is 47.9 Å². The van der Waals surface area contributed by atoms with Crippen LogP contribution in [0.2, 0.25) is 0 Å². The van der Waals surface area contributed by atoms with Crippen LogP contribution >= 0.6 is 15.9 Å². The number of aromatic amines is 1. The maximum atomic E-state index is 13.5. The summed E-state index contributed by atoms with van der Waals surface area (Å²) in [4.78, 5) is 28.3. The number of carbonyl (C=O) groups is 2. The predicted molar refractivity (Wildman–Crippen MR) is 134 cm³/mol. The number of hydrogen-bond donors (Lipinski definition) is 1. The van der Waals surface area contributed by atoms with E-state index in [4.69, 9.17) is 18.9 Å². The van der Waals surface area contributed by atoms with Crippen LogP contribution in [0.4, 0.5) is 0 Å². The fraction of sp³-hybridized carbons (Fsp3) is 0.407. The Hall–Kier alpha value is -2.68. The highest BCUT2D eigenvalue weighted by Crippen LogP contribution is 2.45. The summed E-state index contributed by atoms with van der Waals surface area (Å²) >= 11 is 3.52. The van der Waals surface area contributed by atoms with Crippen molar-refractivity contribution in [2.24, 2.45) is 0 Å². The Kier molecular flexibility index (Phi) is 5.81. The van der Waals surface area contributed by atoms with Gasteiger partial charge in [-0.15, -0.1) is 0 Å². The first kappa shape index (κ1) is 24.0. The lowest BCUT2D eigenvalue weighted by Gasteiger charge is -2.32. The Morgan fingerprint density at radius 2 is 1.77 bits per heavy atom. The minimum atomic E-state index is -0.801. The van der Waals surface area contributed by atoms with E-state index in [1.165, 1.54) is 6.92 Å². The van der Waals surface area contributed by atoms with Crippen molar-refractivity contribution < 1.29 is 28.5 Å². The molecule has 7 nitrogen and oxygen atoms in total. The molecule has 1 saturated heterocycles. The zero-order chi connectivity index (χ0) is 25.1. The molecule has 1 aromatic heterocycles. The van der Waals surface area contributed by atoms with Gasteiger partial charge in [0.2, 0.25) is 0 Å². The molecule has 0 radical (unpaired) electrons. The van der Waals surface area contributed by atoms with Crippen LogP contribution in [0, 0.1) is 0 Å². The molecule has 1 fully saturated rings. The van der Waals surface area contributed by atoms with Crippen molar-refractivity contribution in [3.8, 4) is 5.75 Å². The van der Waals surface area contributed by atoms with Crippen molar-refractivity contribution in [1.29, 1.82) is 0 Å². The van der Waals surface area contributed by atoms with E-state index < -0.39 is 23.4 Å². The van der Waals surface area contributed by atoms with E-state index in [1.54, 1.807) is 0 Å². The SMILES string of the molecule is CC(=O)OC[C@H]1OC(C)(C)OC1COc1ccc2c(c1)C(C)(C)c1[nH]c3cc(Br)ccc3c1C2=O. The summed E-state index contributed by atoms with van der Waals surface area (Å²) in [6.07, 6.45) is -0.841. The molecule has 2 atom stereocenters. The number of ketones is 1. The van der Waals surface area contributed by atoms with Gasteiger partial charge in [0, 0.05) is 39.0 Å². The molecule has 1 aliphatic carbocycles. The minimum Gasteiger partial charge on any atom is -0.491 e. The number of carbonyl (C=O) groups excluding carboxylic acids is 2. The molecule has 3 aromatic rings. The van der Waals surface area contributed by atoms with E-state index in [0.29, 0.717) is 11.3 Å². The largest absolute Gasteiger partial charge is 0.491 e. The van der Waals surface area contributed by atoms with Gasteiger partial charge in [0.1, 0.15) is 31.2 Å². The van der Waals surface area contributed by atoms with Gasteiger partial charge in [-0.3, -0.25) is 9.59 Å². The van der Waals surface area contributed by atoms with Gasteiger partial charge in [0.15, 0.2) is 11.6 Å². The molecule has 2 aliphatic rings. The third kappa shape index (κ3) is 4.28. The van der Waals surface area contributed by atoms with E-state index in [1.807, 2.05) is 50.2 Å². The second-order valence-corrected chi connectivity index (χ2v) is 11.0. The number of H-pyrrole nitrogens is 1. The van der Waals surface area contributed by atoms with E-state index in [0.717, 1.165) is 32.2 Å². The monoisotopic (exact) mass is 541 g/mol. The third-order valence-corrected chi connectivity index (χ3v) is 7.17. The molecular weight excluding hydrogens is 514 g/mol. The molecule has 2 heterocycles. The van der Waals surface area contributed by atoms with Crippen LogP contribution in [0.15, 0.2) is 40.9 Å². The molecule has 2 aromatic carbocycles. The number of hydrogen-bond acceptors (Lipinski definition) is 6. The summed E-state index contributed by atoms with van der Waals surface area (Å²) in [5.41, 5.74) is 3.69. The summed E-state index contributed by atoms with van der Waals surface area (Å²) < 4.78 is 24.1. The number of fused-ring (bicyclic) bond motifs is 4. The fourth-order valence-corrected chi connectivity index (χ4v) is 5.40. The van der Waals surface area contributed by atoms with Crippen molar-refractivity contribution >= 4 is 38.6 Å². The van der Waals surface area contributed by atoms with Crippen molar-refractivity contribution in [3.05, 3.63) is 63.3 Å². The van der Waals surface area contributed by atoms with Crippen molar-refractivity contribution in [3.63, 3.8) is 0 Å². The molecule has 0 amide bonds. The van der Waals surface area contributed by atoms with Crippen LogP contribution < -0.4 is 4.74 Å². The maximum absolute atomic E-state index is 13.5. The average molecular weight is 542 g/mol. The van der Waals surface area contributed by atoms with Crippen LogP contribution in [-0.2, 0) is 24.4 Å². The van der Waals surface area contributed by atoms with Crippen LogP contribution in [0.25, 0.3) is 10.9 Å². The predicted octanol–water partition coefficient (Wildman–Crippen LogP) is 5.26. The molecule has 0 saturated carbocycles. The second kappa shape index (κ2) is 8.47. The molecule has 5 rings (SSSR count). The molecule has 8 heteroatoms. The molecule has 35 heavy (non-hydrogen) atoms. The Balaban J connectivity index is 1.41. The number of esters is 1. The van der Waals surface area contributed by atoms with Gasteiger partial charge in [0.25, 0.3) is 0 Å². The topological polar surface area (TPSA) is 86.8 Å².